The van der Waals surface area contributed by atoms with Crippen molar-refractivity contribution in [1.82, 2.24) is 0 Å². The maximum absolute atomic E-state index is 13.9. The molecule has 0 N–H and O–H groups in total. The third kappa shape index (κ3) is 4.85. The second-order valence-corrected chi connectivity index (χ2v) is 10.4. The summed E-state index contributed by atoms with van der Waals surface area (Å²) in [5.41, 5.74) is 1.64. The van der Waals surface area contributed by atoms with Crippen molar-refractivity contribution in [3.05, 3.63) is 118 Å². The lowest BCUT2D eigenvalue weighted by Crippen LogP contribution is -2.37. The van der Waals surface area contributed by atoms with E-state index in [9.17, 15) is 18.8 Å². The zero-order valence-electron chi connectivity index (χ0n) is 21.9. The molecule has 2 saturated heterocycles. The molecule has 3 atom stereocenters. The van der Waals surface area contributed by atoms with Gasteiger partial charge in [-0.05, 0) is 72.3 Å². The Morgan fingerprint density at radius 3 is 2.26 bits per heavy atom. The van der Waals surface area contributed by atoms with Gasteiger partial charge in [-0.3, -0.25) is 14.4 Å². The summed E-state index contributed by atoms with van der Waals surface area (Å²) in [7, 11) is 1.41. The number of carbonyl (C=O) groups is 3. The third-order valence-corrected chi connectivity index (χ3v) is 7.84. The van der Waals surface area contributed by atoms with Crippen LogP contribution in [0.2, 0.25) is 10.0 Å². The fourth-order valence-corrected chi connectivity index (χ4v) is 5.42. The van der Waals surface area contributed by atoms with Gasteiger partial charge in [0.1, 0.15) is 11.7 Å². The highest BCUT2D eigenvalue weighted by atomic mass is 35.5. The summed E-state index contributed by atoms with van der Waals surface area (Å²) in [5, 5.41) is 2.03. The number of carbonyl (C=O) groups excluding carboxylic acids is 3. The maximum atomic E-state index is 13.9. The topological polar surface area (TPSA) is 85.4 Å². The summed E-state index contributed by atoms with van der Waals surface area (Å²) < 4.78 is 24.4. The number of methoxy groups -OCH3 is 1. The van der Waals surface area contributed by atoms with Crippen molar-refractivity contribution in [1.29, 1.82) is 0 Å². The Balaban J connectivity index is 1.37. The van der Waals surface area contributed by atoms with Crippen LogP contribution in [0.3, 0.4) is 0 Å². The number of halogens is 3. The number of hydrogen-bond donors (Lipinski definition) is 0. The minimum absolute atomic E-state index is 0.114. The number of rotatable bonds is 6. The van der Waals surface area contributed by atoms with Gasteiger partial charge in [0.15, 0.2) is 17.6 Å². The van der Waals surface area contributed by atoms with E-state index in [1.165, 1.54) is 42.5 Å². The number of hydrogen-bond acceptors (Lipinski definition) is 7. The molecule has 2 fully saturated rings. The van der Waals surface area contributed by atoms with E-state index in [4.69, 9.17) is 37.5 Å². The quantitative estimate of drug-likeness (QED) is 0.142. The Morgan fingerprint density at radius 1 is 0.833 bits per heavy atom. The van der Waals surface area contributed by atoms with E-state index in [1.54, 1.807) is 30.3 Å². The first-order valence-corrected chi connectivity index (χ1v) is 13.5. The molecule has 4 aromatic rings. The molecule has 0 radical (unpaired) electrons. The summed E-state index contributed by atoms with van der Waals surface area (Å²) in [6, 6.07) is 22.6. The van der Waals surface area contributed by atoms with E-state index in [2.05, 4.69) is 0 Å². The molecule has 8 nitrogen and oxygen atoms in total. The average molecular weight is 607 g/mol. The fourth-order valence-electron chi connectivity index (χ4n) is 5.13. The van der Waals surface area contributed by atoms with E-state index in [1.807, 2.05) is 18.2 Å². The molecule has 2 aliphatic heterocycles. The van der Waals surface area contributed by atoms with Crippen LogP contribution in [0, 0.1) is 11.7 Å². The van der Waals surface area contributed by atoms with Gasteiger partial charge in [-0.25, -0.2) is 19.1 Å². The predicted molar refractivity (Wildman–Crippen MR) is 153 cm³/mol. The molecule has 0 aliphatic carbocycles. The average Bonchev–Trinajstić information content (AvgIpc) is 3.51. The monoisotopic (exact) mass is 606 g/mol. The first-order valence-electron chi connectivity index (χ1n) is 12.8. The molecule has 2 aliphatic rings. The molecule has 4 aromatic carbocycles. The van der Waals surface area contributed by atoms with Crippen molar-refractivity contribution in [3.8, 4) is 11.5 Å². The Morgan fingerprint density at radius 2 is 1.57 bits per heavy atom. The van der Waals surface area contributed by atoms with E-state index in [0.29, 0.717) is 11.3 Å². The van der Waals surface area contributed by atoms with Crippen LogP contribution in [0.1, 0.15) is 22.0 Å². The fraction of sp³-hybridized carbons (Fsp3) is 0.129. The number of para-hydroxylation sites is 1. The van der Waals surface area contributed by atoms with E-state index >= 15 is 0 Å². The lowest BCUT2D eigenvalue weighted by molar-refractivity contribution is -0.126. The van der Waals surface area contributed by atoms with Gasteiger partial charge >= 0.3 is 5.97 Å². The number of ether oxygens (including phenoxy) is 2. The zero-order valence-corrected chi connectivity index (χ0v) is 23.4. The Kier molecular flexibility index (Phi) is 7.32. The lowest BCUT2D eigenvalue weighted by atomic mass is 9.90. The summed E-state index contributed by atoms with van der Waals surface area (Å²) >= 11 is 12.2. The van der Waals surface area contributed by atoms with Gasteiger partial charge in [-0.15, -0.1) is 0 Å². The zero-order chi connectivity index (χ0) is 29.5. The van der Waals surface area contributed by atoms with Crippen molar-refractivity contribution in [3.63, 3.8) is 0 Å². The van der Waals surface area contributed by atoms with Gasteiger partial charge in [0.05, 0.1) is 40.1 Å². The van der Waals surface area contributed by atoms with Crippen molar-refractivity contribution in [2.75, 3.05) is 17.1 Å². The molecule has 11 heteroatoms. The van der Waals surface area contributed by atoms with Crippen LogP contribution < -0.4 is 19.4 Å². The normalized spacial score (nSPS) is 19.7. The van der Waals surface area contributed by atoms with Crippen LogP contribution in [0.4, 0.5) is 15.8 Å². The Labute approximate surface area is 249 Å². The summed E-state index contributed by atoms with van der Waals surface area (Å²) in [6.45, 7) is 0. The second kappa shape index (κ2) is 11.1. The third-order valence-electron chi connectivity index (χ3n) is 7.10. The van der Waals surface area contributed by atoms with Crippen LogP contribution in [0.25, 0.3) is 0 Å². The molecule has 0 unspecified atom stereocenters. The van der Waals surface area contributed by atoms with E-state index in [0.717, 1.165) is 17.0 Å². The first-order chi connectivity index (χ1) is 20.3. The van der Waals surface area contributed by atoms with Gasteiger partial charge in [-0.2, -0.15) is 0 Å². The molecule has 0 spiro atoms. The number of amides is 2. The molecule has 6 rings (SSSR count). The summed E-state index contributed by atoms with van der Waals surface area (Å²) in [4.78, 5) is 47.4. The van der Waals surface area contributed by atoms with E-state index in [-0.39, 0.29) is 32.8 Å². The van der Waals surface area contributed by atoms with Gasteiger partial charge in [-0.1, -0.05) is 47.5 Å². The van der Waals surface area contributed by atoms with Crippen LogP contribution in [-0.4, -0.2) is 31.0 Å². The van der Waals surface area contributed by atoms with Gasteiger partial charge in [0.2, 0.25) is 5.91 Å². The number of anilines is 2. The summed E-state index contributed by atoms with van der Waals surface area (Å²) in [5.74, 6) is -2.80. The number of nitrogens with zero attached hydrogens (tertiary/aromatic N) is 2. The van der Waals surface area contributed by atoms with Crippen LogP contribution in [-0.2, 0) is 14.4 Å². The van der Waals surface area contributed by atoms with Crippen molar-refractivity contribution in [2.45, 2.75) is 12.1 Å². The van der Waals surface area contributed by atoms with Gasteiger partial charge in [0, 0.05) is 0 Å². The lowest BCUT2D eigenvalue weighted by Gasteiger charge is -2.29. The molecule has 0 saturated carbocycles. The van der Waals surface area contributed by atoms with Crippen molar-refractivity contribution >= 4 is 52.4 Å². The molecule has 2 heterocycles. The number of hydroxylamine groups is 1. The van der Waals surface area contributed by atoms with Crippen LogP contribution >= 0.6 is 23.2 Å². The number of benzene rings is 4. The van der Waals surface area contributed by atoms with E-state index < -0.39 is 41.7 Å². The van der Waals surface area contributed by atoms with Crippen LogP contribution in [0.5, 0.6) is 11.5 Å². The molecule has 42 heavy (non-hydrogen) atoms. The molecule has 212 valence electrons. The maximum Gasteiger partial charge on any atom is 0.343 e. The highest BCUT2D eigenvalue weighted by Crippen LogP contribution is 2.49. The summed E-state index contributed by atoms with van der Waals surface area (Å²) in [6.07, 6.45) is -1.11. The largest absolute Gasteiger partial charge is 0.493 e. The molecule has 0 bridgehead atoms. The molecule has 0 aromatic heterocycles. The molecular formula is C31H21Cl2FN2O6. The Hall–Kier alpha value is -4.44. The SMILES string of the molecule is COc1cc([C@@H]2[C@H]3C(=O)N(c4ccc(Cl)c(Cl)c4)C(=O)[C@@H]3ON2c2ccccc2)ccc1OC(=O)c1ccc(F)cc1. The van der Waals surface area contributed by atoms with Crippen molar-refractivity contribution in [2.24, 2.45) is 5.92 Å². The van der Waals surface area contributed by atoms with Gasteiger partial charge < -0.3 is 9.47 Å². The predicted octanol–water partition coefficient (Wildman–Crippen LogP) is 6.41. The number of imide groups is 1. The van der Waals surface area contributed by atoms with Crippen LogP contribution in [0.15, 0.2) is 91.0 Å². The second-order valence-electron chi connectivity index (χ2n) is 9.57. The van der Waals surface area contributed by atoms with Crippen molar-refractivity contribution < 1.29 is 33.1 Å². The first kappa shape index (κ1) is 27.7. The van der Waals surface area contributed by atoms with Gasteiger partial charge in [0.25, 0.3) is 5.91 Å². The minimum atomic E-state index is -1.11. The molecule has 2 amide bonds. The number of fused-ring (bicyclic) bond motifs is 1. The number of esters is 1. The highest BCUT2D eigenvalue weighted by molar-refractivity contribution is 6.42. The highest BCUT2D eigenvalue weighted by Gasteiger charge is 2.60. The smallest absolute Gasteiger partial charge is 0.343 e. The standard InChI is InChI=1S/C31H21Cl2FN2O6/c1-40-25-15-18(9-14-24(25)41-31(39)17-7-10-19(34)11-8-17)27-26-28(42-36(27)20-5-3-2-4-6-20)30(38)35(29(26)37)21-12-13-22(32)23(33)16-21/h2-16,26-28H,1H3/t26-,27-,28-/m1/s1. The molecular weight excluding hydrogens is 586 g/mol. The minimum Gasteiger partial charge on any atom is -0.493 e. The Bertz CT molecular complexity index is 1700.